The van der Waals surface area contributed by atoms with E-state index in [1.807, 2.05) is 19.1 Å². The Kier molecular flexibility index (Phi) is 15.0. The average Bonchev–Trinajstić information content (AvgIpc) is 3.93. The van der Waals surface area contributed by atoms with E-state index >= 15 is 0 Å². The molecule has 2 heterocycles. The van der Waals surface area contributed by atoms with Crippen LogP contribution in [0.1, 0.15) is 28.0 Å². The third-order valence-electron chi connectivity index (χ3n) is 9.84. The zero-order valence-corrected chi connectivity index (χ0v) is 39.8. The summed E-state index contributed by atoms with van der Waals surface area (Å²) in [6, 6.07) is 43.3. The van der Waals surface area contributed by atoms with Crippen LogP contribution < -0.4 is 5.38 Å². The van der Waals surface area contributed by atoms with Gasteiger partial charge in [-0.05, 0) is 75.1 Å². The van der Waals surface area contributed by atoms with Crippen molar-refractivity contribution in [2.75, 3.05) is 0 Å². The summed E-state index contributed by atoms with van der Waals surface area (Å²) in [5, 5.41) is 6.32. The molecule has 2 aromatic heterocycles. The second-order valence-corrected chi connectivity index (χ2v) is 29.8. The molecule has 0 spiro atoms. The van der Waals surface area contributed by atoms with Crippen LogP contribution in [-0.2, 0) is 23.3 Å². The van der Waals surface area contributed by atoms with Crippen LogP contribution in [-0.4, -0.2) is 13.5 Å². The Balaban J connectivity index is 0.000000217. The van der Waals surface area contributed by atoms with Crippen LogP contribution in [0.2, 0.25) is 32.7 Å². The molecule has 0 N–H and O–H groups in total. The quantitative estimate of drug-likeness (QED) is 0.127. The molecule has 2 nitrogen and oxygen atoms in total. The largest absolute Gasteiger partial charge is 0.501 e. The molecule has 8 aromatic rings. The summed E-state index contributed by atoms with van der Waals surface area (Å²) < 4.78 is 12.0. The maximum atomic E-state index is 6.23. The van der Waals surface area contributed by atoms with Crippen molar-refractivity contribution < 1.29 is 32.2 Å². The molecule has 0 atom stereocenters. The van der Waals surface area contributed by atoms with Crippen LogP contribution in [0.3, 0.4) is 0 Å². The number of benzene rings is 4. The number of hydrogen-bond donors (Lipinski definition) is 0. The predicted molar refractivity (Wildman–Crippen MR) is 244 cm³/mol. The van der Waals surface area contributed by atoms with E-state index in [-0.39, 0.29) is 30.2 Å². The Hall–Kier alpha value is -3.44. The number of rotatable bonds is 5. The smallest absolute Gasteiger partial charge is 0.122 e. The third-order valence-corrected chi connectivity index (χ3v) is 11.6. The van der Waals surface area contributed by atoms with Crippen molar-refractivity contribution in [2.45, 2.75) is 67.4 Å². The molecule has 0 fully saturated rings. The Morgan fingerprint density at radius 3 is 1.31 bits per heavy atom. The Labute approximate surface area is 356 Å². The number of hydrogen-bond acceptors (Lipinski definition) is 2. The van der Waals surface area contributed by atoms with Gasteiger partial charge in [-0.15, -0.1) is 82.8 Å². The van der Waals surface area contributed by atoms with E-state index in [0.29, 0.717) is 0 Å². The standard InChI is InChI=1S/C24H25OSi.C22H19O.C2H6Si.2ClH.Zr/c1-16-13-19-14-20(22-11-12-23(25-22)26(3,4)5)15-21(19)24(17(16)2)18-9-7-6-8-10-18;1-14-11-18-12-19(21-10-9-15(2)23-21)13-20(18)22(16(14)3)17-7-5-4-6-8-17;1-3-2;;;/h6-15H,1-5H3;4-13H,1-3H3;1-2H3;2*1H;/q2*-1;;;;+2. The van der Waals surface area contributed by atoms with E-state index in [1.165, 1.54) is 71.6 Å². The maximum absolute atomic E-state index is 6.23. The van der Waals surface area contributed by atoms with Gasteiger partial charge in [0, 0.05) is 0 Å². The van der Waals surface area contributed by atoms with Gasteiger partial charge in [0.15, 0.2) is 0 Å². The zero-order chi connectivity index (χ0) is 38.0. The van der Waals surface area contributed by atoms with Gasteiger partial charge in [-0.2, -0.15) is 0 Å². The van der Waals surface area contributed by atoms with Gasteiger partial charge in [-0.1, -0.05) is 120 Å². The topological polar surface area (TPSA) is 26.3 Å². The minimum atomic E-state index is -1.43. The first kappa shape index (κ1) is 44.3. The summed E-state index contributed by atoms with van der Waals surface area (Å²) in [6.45, 7) is 22.4. The van der Waals surface area contributed by atoms with Crippen molar-refractivity contribution in [1.82, 2.24) is 0 Å². The van der Waals surface area contributed by atoms with Crippen LogP contribution in [0.4, 0.5) is 0 Å². The number of aryl methyl sites for hydroxylation is 3. The second kappa shape index (κ2) is 18.7. The van der Waals surface area contributed by atoms with Crippen molar-refractivity contribution in [3.05, 3.63) is 149 Å². The molecule has 8 rings (SSSR count). The van der Waals surface area contributed by atoms with Crippen LogP contribution in [0.25, 0.3) is 66.4 Å². The van der Waals surface area contributed by atoms with Crippen molar-refractivity contribution in [3.8, 4) is 44.9 Å². The molecule has 0 saturated heterocycles. The SMILES string of the molecule is C[Si](C)=[Zr+2].Cc1cc2[cH-]c(-c3ccc([Si](C)(C)C)o3)cc2c(-c2ccccc2)c1C.Cc1ccc(-c2cc3c(-c4ccccc4)c(C)c(C)cc3[cH-]2)o1.Cl.Cl. The van der Waals surface area contributed by atoms with Crippen LogP contribution in [0, 0.1) is 34.6 Å². The first-order valence-corrected chi connectivity index (χ1v) is 28.1. The van der Waals surface area contributed by atoms with E-state index < -0.39 is 8.07 Å². The van der Waals surface area contributed by atoms with Gasteiger partial charge in [0.05, 0.1) is 22.7 Å². The Bertz CT molecular complexity index is 2530. The fourth-order valence-electron chi connectivity index (χ4n) is 6.93. The normalized spacial score (nSPS) is 10.9. The van der Waals surface area contributed by atoms with Crippen molar-refractivity contribution in [3.63, 3.8) is 0 Å². The second-order valence-electron chi connectivity index (χ2n) is 15.4. The molecule has 7 heteroatoms. The van der Waals surface area contributed by atoms with Gasteiger partial charge in [-0.25, -0.2) is 0 Å². The monoisotopic (exact) mass is 876 g/mol. The fourth-order valence-corrected chi connectivity index (χ4v) is 7.93. The van der Waals surface area contributed by atoms with Crippen molar-refractivity contribution in [1.29, 1.82) is 0 Å². The number of fused-ring (bicyclic) bond motifs is 2. The van der Waals surface area contributed by atoms with E-state index in [2.05, 4.69) is 170 Å². The summed E-state index contributed by atoms with van der Waals surface area (Å²) in [5.41, 5.74) is 13.1. The van der Waals surface area contributed by atoms with Crippen LogP contribution in [0.15, 0.2) is 130 Å². The van der Waals surface area contributed by atoms with E-state index in [9.17, 15) is 0 Å². The molecule has 0 amide bonds. The van der Waals surface area contributed by atoms with Gasteiger partial charge >= 0.3 is 41.9 Å². The zero-order valence-electron chi connectivity index (χ0n) is 33.7. The Morgan fingerprint density at radius 1 is 0.545 bits per heavy atom. The Morgan fingerprint density at radius 2 is 0.945 bits per heavy atom. The molecular formula is C48H52Cl2O2Si2Zr. The van der Waals surface area contributed by atoms with Gasteiger partial charge in [0.25, 0.3) is 0 Å². The van der Waals surface area contributed by atoms with Crippen LogP contribution in [0.5, 0.6) is 0 Å². The molecule has 0 bridgehead atoms. The summed E-state index contributed by atoms with van der Waals surface area (Å²) in [6.07, 6.45) is 0. The number of furan rings is 2. The van der Waals surface area contributed by atoms with Crippen molar-refractivity contribution in [2.24, 2.45) is 0 Å². The molecular weight excluding hydrogens is 827 g/mol. The summed E-state index contributed by atoms with van der Waals surface area (Å²) in [5.74, 6) is 2.86. The minimum absolute atomic E-state index is 0. The van der Waals surface area contributed by atoms with Gasteiger partial charge in [0.1, 0.15) is 8.07 Å². The van der Waals surface area contributed by atoms with Crippen molar-refractivity contribution >= 4 is 65.2 Å². The minimum Gasteiger partial charge on any atom is -0.501 e. The first-order chi connectivity index (χ1) is 25.2. The summed E-state index contributed by atoms with van der Waals surface area (Å²) in [4.78, 5) is 0. The van der Waals surface area contributed by atoms with E-state index in [0.717, 1.165) is 28.2 Å². The van der Waals surface area contributed by atoms with Gasteiger partial charge in [-0.3, -0.25) is 0 Å². The average molecular weight is 879 g/mol. The molecule has 0 unspecified atom stereocenters. The van der Waals surface area contributed by atoms with Gasteiger partial charge in [0.2, 0.25) is 0 Å². The number of halogens is 2. The first-order valence-electron chi connectivity index (χ1n) is 18.4. The summed E-state index contributed by atoms with van der Waals surface area (Å²) in [7, 11) is -1.43. The predicted octanol–water partition coefficient (Wildman–Crippen LogP) is 14.7. The van der Waals surface area contributed by atoms with Crippen LogP contribution >= 0.6 is 24.8 Å². The molecule has 55 heavy (non-hydrogen) atoms. The molecule has 0 aliphatic heterocycles. The fraction of sp³-hybridized carbons (Fsp3) is 0.208. The molecule has 0 aliphatic carbocycles. The molecule has 282 valence electrons. The molecule has 0 aliphatic rings. The molecule has 0 radical (unpaired) electrons. The van der Waals surface area contributed by atoms with E-state index in [1.54, 1.807) is 23.3 Å². The third kappa shape index (κ3) is 10.1. The molecule has 0 saturated carbocycles. The van der Waals surface area contributed by atoms with E-state index in [4.69, 9.17) is 8.83 Å². The molecule has 6 aromatic carbocycles. The summed E-state index contributed by atoms with van der Waals surface area (Å²) >= 11 is 1.74. The maximum Gasteiger partial charge on any atom is 0.122 e. The van der Waals surface area contributed by atoms with Gasteiger partial charge < -0.3 is 8.83 Å².